The molecule has 0 bridgehead atoms. The molecule has 164 valence electrons. The zero-order chi connectivity index (χ0) is 20.9. The summed E-state index contributed by atoms with van der Waals surface area (Å²) >= 11 is -1.49. The smallest absolute Gasteiger partial charge is 1.00 e. The Balaban J connectivity index is 0.00000130. The van der Waals surface area contributed by atoms with E-state index < -0.39 is 22.9 Å². The van der Waals surface area contributed by atoms with E-state index in [1.165, 1.54) is 33.4 Å². The summed E-state index contributed by atoms with van der Waals surface area (Å²) in [6.45, 7) is 4.64. The van der Waals surface area contributed by atoms with Gasteiger partial charge in [-0.3, -0.25) is 0 Å². The maximum absolute atomic E-state index is 5.94. The van der Waals surface area contributed by atoms with Gasteiger partial charge in [0.2, 0.25) is 0 Å². The second kappa shape index (κ2) is 9.66. The molecule has 0 fully saturated rings. The molecular formula is C28H22Cl2HfO2. The number of fused-ring (bicyclic) bond motifs is 2. The van der Waals surface area contributed by atoms with E-state index in [1.807, 2.05) is 12.1 Å². The number of furan rings is 2. The molecule has 2 aliphatic carbocycles. The van der Waals surface area contributed by atoms with E-state index >= 15 is 0 Å². The van der Waals surface area contributed by atoms with Gasteiger partial charge in [-0.05, 0) is 0 Å². The SMILES string of the molecule is CC1C(c2ccco2)=[C]([Hf+2][C]2=C(c3ccco3)C(C)c3ccccc32)c2ccccc21.[Cl-].[Cl-]. The molecule has 2 aromatic carbocycles. The summed E-state index contributed by atoms with van der Waals surface area (Å²) in [5, 5.41) is 0. The Labute approximate surface area is 218 Å². The number of rotatable bonds is 4. The molecule has 2 heterocycles. The van der Waals surface area contributed by atoms with Crippen LogP contribution >= 0.6 is 0 Å². The third-order valence-corrected chi connectivity index (χ3v) is 12.3. The van der Waals surface area contributed by atoms with Gasteiger partial charge in [0.1, 0.15) is 0 Å². The zero-order valence-electron chi connectivity index (χ0n) is 18.3. The molecule has 0 spiro atoms. The van der Waals surface area contributed by atoms with Gasteiger partial charge in [0.05, 0.1) is 0 Å². The number of hydrogen-bond acceptors (Lipinski definition) is 2. The van der Waals surface area contributed by atoms with Crippen LogP contribution in [0.5, 0.6) is 0 Å². The van der Waals surface area contributed by atoms with Gasteiger partial charge in [-0.2, -0.15) is 0 Å². The zero-order valence-corrected chi connectivity index (χ0v) is 23.4. The van der Waals surface area contributed by atoms with Gasteiger partial charge in [0.15, 0.2) is 0 Å². The molecule has 33 heavy (non-hydrogen) atoms. The van der Waals surface area contributed by atoms with E-state index in [9.17, 15) is 0 Å². The van der Waals surface area contributed by atoms with E-state index in [0.29, 0.717) is 11.8 Å². The van der Waals surface area contributed by atoms with Crippen molar-refractivity contribution >= 4 is 17.8 Å². The Bertz CT molecular complexity index is 1230. The predicted molar refractivity (Wildman–Crippen MR) is 121 cm³/mol. The van der Waals surface area contributed by atoms with Gasteiger partial charge in [-0.1, -0.05) is 0 Å². The van der Waals surface area contributed by atoms with Crippen molar-refractivity contribution < 1.29 is 56.6 Å². The van der Waals surface area contributed by atoms with Crippen molar-refractivity contribution in [1.82, 2.24) is 0 Å². The van der Waals surface area contributed by atoms with Gasteiger partial charge in [0.25, 0.3) is 0 Å². The first-order chi connectivity index (χ1) is 15.2. The summed E-state index contributed by atoms with van der Waals surface area (Å²) in [7, 11) is 0. The van der Waals surface area contributed by atoms with Crippen LogP contribution in [0.4, 0.5) is 0 Å². The Morgan fingerprint density at radius 3 is 1.39 bits per heavy atom. The van der Waals surface area contributed by atoms with Crippen LogP contribution in [-0.4, -0.2) is 0 Å². The van der Waals surface area contributed by atoms with Gasteiger partial charge in [0, 0.05) is 0 Å². The monoisotopic (exact) mass is 640 g/mol. The van der Waals surface area contributed by atoms with Crippen molar-refractivity contribution in [3.05, 3.63) is 119 Å². The minimum atomic E-state index is -1.49. The van der Waals surface area contributed by atoms with Crippen molar-refractivity contribution in [2.24, 2.45) is 0 Å². The molecular weight excluding hydrogens is 618 g/mol. The maximum atomic E-state index is 5.94. The molecule has 5 heteroatoms. The van der Waals surface area contributed by atoms with Crippen molar-refractivity contribution in [3.8, 4) is 0 Å². The Hall–Kier alpha value is -2.07. The van der Waals surface area contributed by atoms with Crippen molar-refractivity contribution in [3.63, 3.8) is 0 Å². The van der Waals surface area contributed by atoms with E-state index in [-0.39, 0.29) is 24.8 Å². The van der Waals surface area contributed by atoms with E-state index in [4.69, 9.17) is 8.83 Å². The quantitative estimate of drug-likeness (QED) is 0.318. The molecule has 2 nitrogen and oxygen atoms in total. The van der Waals surface area contributed by atoms with Crippen LogP contribution in [0.25, 0.3) is 17.8 Å². The number of halogens is 2. The fourth-order valence-electron chi connectivity index (χ4n) is 5.17. The maximum Gasteiger partial charge on any atom is -1.00 e. The van der Waals surface area contributed by atoms with Gasteiger partial charge >= 0.3 is 194 Å². The summed E-state index contributed by atoms with van der Waals surface area (Å²) in [5.74, 6) is 2.74. The molecule has 2 aliphatic rings. The largest absolute Gasteiger partial charge is 1.00 e. The van der Waals surface area contributed by atoms with Crippen LogP contribution < -0.4 is 24.8 Å². The molecule has 2 atom stereocenters. The van der Waals surface area contributed by atoms with E-state index in [1.54, 1.807) is 19.2 Å². The molecule has 4 aromatic rings. The van der Waals surface area contributed by atoms with Crippen LogP contribution in [0, 0.1) is 0 Å². The van der Waals surface area contributed by atoms with E-state index in [2.05, 4.69) is 74.5 Å². The van der Waals surface area contributed by atoms with Gasteiger partial charge < -0.3 is 24.8 Å². The molecule has 0 saturated carbocycles. The second-order valence-corrected chi connectivity index (χ2v) is 12.8. The van der Waals surface area contributed by atoms with Crippen LogP contribution in [0.2, 0.25) is 0 Å². The fraction of sp³-hybridized carbons (Fsp3) is 0.143. The molecule has 0 N–H and O–H groups in total. The van der Waals surface area contributed by atoms with Crippen molar-refractivity contribution in [2.75, 3.05) is 0 Å². The second-order valence-electron chi connectivity index (χ2n) is 8.27. The first-order valence-electron chi connectivity index (χ1n) is 10.8. The number of benzene rings is 2. The third-order valence-electron chi connectivity index (χ3n) is 6.62. The fourth-order valence-corrected chi connectivity index (χ4v) is 12.1. The van der Waals surface area contributed by atoms with Gasteiger partial charge in [-0.15, -0.1) is 0 Å². The Kier molecular flexibility index (Phi) is 7.04. The molecule has 2 aromatic heterocycles. The Morgan fingerprint density at radius 2 is 1.00 bits per heavy atom. The average Bonchev–Trinajstić information content (AvgIpc) is 3.58. The van der Waals surface area contributed by atoms with Crippen LogP contribution in [0.1, 0.15) is 59.5 Å². The molecule has 0 amide bonds. The summed E-state index contributed by atoms with van der Waals surface area (Å²) < 4.78 is 15.0. The molecule has 0 radical (unpaired) electrons. The van der Waals surface area contributed by atoms with Crippen LogP contribution in [-0.2, 0) is 22.9 Å². The number of hydrogen-bond donors (Lipinski definition) is 0. The summed E-state index contributed by atoms with van der Waals surface area (Å²) in [6.07, 6.45) is 3.59. The predicted octanol–water partition coefficient (Wildman–Crippen LogP) is 1.63. The molecule has 2 unspecified atom stereocenters. The third kappa shape index (κ3) is 3.84. The summed E-state index contributed by atoms with van der Waals surface area (Å²) in [5.41, 5.74) is 8.48. The Morgan fingerprint density at radius 1 is 0.576 bits per heavy atom. The molecule has 6 rings (SSSR count). The minimum Gasteiger partial charge on any atom is -1.00 e. The summed E-state index contributed by atoms with van der Waals surface area (Å²) in [6, 6.07) is 26.1. The van der Waals surface area contributed by atoms with Crippen molar-refractivity contribution in [1.29, 1.82) is 0 Å². The topological polar surface area (TPSA) is 26.3 Å². The standard InChI is InChI=1S/2C14H11O.2ClH.Hf/c2*1-10-12-6-3-2-5-11(12)9-13(10)14-7-4-8-15-14;;;/h2*2-8,10H,1H3;2*1H;/q;;;;+2/p-2. The van der Waals surface area contributed by atoms with Crippen molar-refractivity contribution in [2.45, 2.75) is 25.7 Å². The van der Waals surface area contributed by atoms with Crippen LogP contribution in [0.15, 0.2) is 94.2 Å². The summed E-state index contributed by atoms with van der Waals surface area (Å²) in [4.78, 5) is 0. The van der Waals surface area contributed by atoms with Crippen LogP contribution in [0.3, 0.4) is 0 Å². The minimum absolute atomic E-state index is 0. The first-order valence-corrected chi connectivity index (χ1v) is 14.3. The van der Waals surface area contributed by atoms with Gasteiger partial charge in [-0.25, -0.2) is 0 Å². The van der Waals surface area contributed by atoms with E-state index in [0.717, 1.165) is 11.5 Å². The average molecular weight is 640 g/mol. The molecule has 0 saturated heterocycles. The number of allylic oxidation sites excluding steroid dienone is 2. The molecule has 0 aliphatic heterocycles. The normalized spacial score (nSPS) is 18.4. The first kappa shape index (κ1) is 24.1.